The van der Waals surface area contributed by atoms with Gasteiger partial charge in [0.25, 0.3) is 5.91 Å². The lowest BCUT2D eigenvalue weighted by atomic mass is 10.1. The molecule has 0 aliphatic heterocycles. The van der Waals surface area contributed by atoms with Gasteiger partial charge in [-0.2, -0.15) is 0 Å². The fourth-order valence-electron chi connectivity index (χ4n) is 2.07. The van der Waals surface area contributed by atoms with Crippen LogP contribution in [0.5, 0.6) is 5.75 Å². The molecule has 0 saturated heterocycles. The van der Waals surface area contributed by atoms with Crippen molar-refractivity contribution in [2.75, 3.05) is 25.6 Å². The molecule has 0 atom stereocenters. The largest absolute Gasteiger partial charge is 0.491 e. The molecule has 2 aromatic carbocycles. The maximum Gasteiger partial charge on any atom is 0.257 e. The molecule has 0 spiro atoms. The number of nitrogens with one attached hydrogen (secondary N) is 2. The number of hydrogen-bond acceptors (Lipinski definition) is 5. The third-order valence-corrected chi connectivity index (χ3v) is 3.65. The Morgan fingerprint density at radius 2 is 1.58 bits per heavy atom. The van der Waals surface area contributed by atoms with Crippen LogP contribution in [-0.4, -0.2) is 37.1 Å². The first kappa shape index (κ1) is 19.6. The number of benzene rings is 2. The summed E-state index contributed by atoms with van der Waals surface area (Å²) in [5.74, 6) is 0.318. The zero-order chi connectivity index (χ0) is 18.9. The molecule has 0 radical (unpaired) electrons. The summed E-state index contributed by atoms with van der Waals surface area (Å²) in [6, 6.07) is 13.6. The van der Waals surface area contributed by atoms with Gasteiger partial charge in [-0.05, 0) is 67.7 Å². The van der Waals surface area contributed by atoms with E-state index in [9.17, 15) is 9.59 Å². The van der Waals surface area contributed by atoms with E-state index in [1.54, 1.807) is 55.6 Å². The molecule has 7 heteroatoms. The molecular weight excluding hydrogens is 352 g/mol. The summed E-state index contributed by atoms with van der Waals surface area (Å²) in [6.07, 6.45) is 0. The summed E-state index contributed by atoms with van der Waals surface area (Å²) in [5, 5.41) is 5.68. The number of ketones is 1. The Balaban J connectivity index is 1.88. The van der Waals surface area contributed by atoms with E-state index in [1.165, 1.54) is 6.92 Å². The number of methoxy groups -OCH3 is 1. The summed E-state index contributed by atoms with van der Waals surface area (Å²) in [7, 11) is 1.60. The van der Waals surface area contributed by atoms with Crippen molar-refractivity contribution in [3.8, 4) is 5.75 Å². The van der Waals surface area contributed by atoms with Gasteiger partial charge in [0.1, 0.15) is 12.4 Å². The van der Waals surface area contributed by atoms with Crippen LogP contribution in [0.15, 0.2) is 48.5 Å². The number of carbonyl (C=O) groups is 2. The van der Waals surface area contributed by atoms with E-state index in [0.717, 1.165) is 0 Å². The van der Waals surface area contributed by atoms with Crippen LogP contribution in [0.25, 0.3) is 0 Å². The zero-order valence-electron chi connectivity index (χ0n) is 14.6. The molecular formula is C19H20N2O4S. The average molecular weight is 372 g/mol. The molecule has 0 saturated carbocycles. The Labute approximate surface area is 157 Å². The van der Waals surface area contributed by atoms with Crippen molar-refractivity contribution in [3.05, 3.63) is 59.7 Å². The monoisotopic (exact) mass is 372 g/mol. The van der Waals surface area contributed by atoms with E-state index in [1.807, 2.05) is 0 Å². The van der Waals surface area contributed by atoms with Gasteiger partial charge in [-0.25, -0.2) is 0 Å². The number of Topliss-reactive ketones (excluding diaryl/α,β-unsaturated/α-hetero) is 1. The topological polar surface area (TPSA) is 76.7 Å². The Morgan fingerprint density at radius 3 is 2.15 bits per heavy atom. The second-order valence-electron chi connectivity index (χ2n) is 5.41. The van der Waals surface area contributed by atoms with Gasteiger partial charge in [0, 0.05) is 23.9 Å². The van der Waals surface area contributed by atoms with E-state index >= 15 is 0 Å². The second-order valence-corrected chi connectivity index (χ2v) is 5.82. The summed E-state index contributed by atoms with van der Waals surface area (Å²) in [4.78, 5) is 23.5. The summed E-state index contributed by atoms with van der Waals surface area (Å²) < 4.78 is 10.4. The Morgan fingerprint density at radius 1 is 0.962 bits per heavy atom. The zero-order valence-corrected chi connectivity index (χ0v) is 15.4. The SMILES string of the molecule is COCCOc1ccc(C(=O)NC(=S)Nc2ccc(C(C)=O)cc2)cc1. The first-order valence-electron chi connectivity index (χ1n) is 7.94. The van der Waals surface area contributed by atoms with Crippen LogP contribution in [0.1, 0.15) is 27.6 Å². The highest BCUT2D eigenvalue weighted by Crippen LogP contribution is 2.13. The summed E-state index contributed by atoms with van der Waals surface area (Å²) >= 11 is 5.14. The minimum Gasteiger partial charge on any atom is -0.491 e. The van der Waals surface area contributed by atoms with Crippen molar-refractivity contribution >= 4 is 34.7 Å². The summed E-state index contributed by atoms with van der Waals surface area (Å²) in [6.45, 7) is 2.44. The van der Waals surface area contributed by atoms with Crippen LogP contribution in [0.2, 0.25) is 0 Å². The maximum absolute atomic E-state index is 12.2. The fraction of sp³-hybridized carbons (Fsp3) is 0.211. The van der Waals surface area contributed by atoms with E-state index in [-0.39, 0.29) is 16.8 Å². The molecule has 0 bridgehead atoms. The molecule has 136 valence electrons. The van der Waals surface area contributed by atoms with Gasteiger partial charge in [-0.1, -0.05) is 0 Å². The third-order valence-electron chi connectivity index (χ3n) is 3.45. The molecule has 0 heterocycles. The Kier molecular flexibility index (Phi) is 7.25. The molecule has 0 fully saturated rings. The van der Waals surface area contributed by atoms with E-state index in [2.05, 4.69) is 10.6 Å². The van der Waals surface area contributed by atoms with Gasteiger partial charge in [0.15, 0.2) is 10.9 Å². The minimum absolute atomic E-state index is 0.0120. The lowest BCUT2D eigenvalue weighted by Gasteiger charge is -2.10. The average Bonchev–Trinajstić information content (AvgIpc) is 2.62. The molecule has 0 aliphatic carbocycles. The smallest absolute Gasteiger partial charge is 0.257 e. The highest BCUT2D eigenvalue weighted by atomic mass is 32.1. The fourth-order valence-corrected chi connectivity index (χ4v) is 2.28. The quantitative estimate of drug-likeness (QED) is 0.442. The van der Waals surface area contributed by atoms with Crippen molar-refractivity contribution in [1.29, 1.82) is 0 Å². The van der Waals surface area contributed by atoms with Crippen molar-refractivity contribution in [3.63, 3.8) is 0 Å². The Bertz CT molecular complexity index is 773. The van der Waals surface area contributed by atoms with Crippen molar-refractivity contribution < 1.29 is 19.1 Å². The highest BCUT2D eigenvalue weighted by Gasteiger charge is 2.08. The molecule has 0 unspecified atom stereocenters. The van der Waals surface area contributed by atoms with Gasteiger partial charge in [0.05, 0.1) is 6.61 Å². The van der Waals surface area contributed by atoms with Crippen LogP contribution < -0.4 is 15.4 Å². The van der Waals surface area contributed by atoms with Crippen LogP contribution in [0, 0.1) is 0 Å². The molecule has 0 aliphatic rings. The molecule has 6 nitrogen and oxygen atoms in total. The van der Waals surface area contributed by atoms with Gasteiger partial charge < -0.3 is 14.8 Å². The number of ether oxygens (including phenoxy) is 2. The maximum atomic E-state index is 12.2. The standard InChI is InChI=1S/C19H20N2O4S/c1-13(22)14-3-7-16(8-4-14)20-19(26)21-18(23)15-5-9-17(10-6-15)25-12-11-24-2/h3-10H,11-12H2,1-2H3,(H2,20,21,23,26). The van der Waals surface area contributed by atoms with Gasteiger partial charge >= 0.3 is 0 Å². The van der Waals surface area contributed by atoms with Crippen molar-refractivity contribution in [2.24, 2.45) is 0 Å². The first-order valence-corrected chi connectivity index (χ1v) is 8.35. The molecule has 26 heavy (non-hydrogen) atoms. The van der Waals surface area contributed by atoms with Crippen LogP contribution in [-0.2, 0) is 4.74 Å². The minimum atomic E-state index is -0.328. The van der Waals surface area contributed by atoms with E-state index in [0.29, 0.717) is 35.8 Å². The molecule has 1 amide bonds. The highest BCUT2D eigenvalue weighted by molar-refractivity contribution is 7.80. The van der Waals surface area contributed by atoms with Gasteiger partial charge in [-0.3, -0.25) is 14.9 Å². The summed E-state index contributed by atoms with van der Waals surface area (Å²) in [5.41, 5.74) is 1.75. The molecule has 0 aromatic heterocycles. The predicted octanol–water partition coefficient (Wildman–Crippen LogP) is 3.04. The third kappa shape index (κ3) is 5.94. The second kappa shape index (κ2) is 9.65. The van der Waals surface area contributed by atoms with Crippen LogP contribution in [0.4, 0.5) is 5.69 Å². The number of amides is 1. The van der Waals surface area contributed by atoms with Crippen LogP contribution in [0.3, 0.4) is 0 Å². The molecule has 2 N–H and O–H groups in total. The lowest BCUT2D eigenvalue weighted by molar-refractivity contribution is 0.0976. The van der Waals surface area contributed by atoms with E-state index in [4.69, 9.17) is 21.7 Å². The van der Waals surface area contributed by atoms with Gasteiger partial charge in [0.2, 0.25) is 0 Å². The van der Waals surface area contributed by atoms with Crippen molar-refractivity contribution in [1.82, 2.24) is 5.32 Å². The number of anilines is 1. The number of carbonyl (C=O) groups excluding carboxylic acids is 2. The van der Waals surface area contributed by atoms with Gasteiger partial charge in [-0.15, -0.1) is 0 Å². The van der Waals surface area contributed by atoms with E-state index < -0.39 is 0 Å². The number of thiocarbonyl (C=S) groups is 1. The van der Waals surface area contributed by atoms with Crippen LogP contribution >= 0.6 is 12.2 Å². The first-order chi connectivity index (χ1) is 12.5. The predicted molar refractivity (Wildman–Crippen MR) is 104 cm³/mol. The molecule has 2 rings (SSSR count). The lowest BCUT2D eigenvalue weighted by Crippen LogP contribution is -2.34. The normalized spacial score (nSPS) is 10.1. The number of rotatable bonds is 7. The molecule has 2 aromatic rings. The van der Waals surface area contributed by atoms with Crippen molar-refractivity contribution in [2.45, 2.75) is 6.92 Å². The number of hydrogen-bond donors (Lipinski definition) is 2. The Hall–Kier alpha value is -2.77.